The van der Waals surface area contributed by atoms with Crippen LogP contribution in [0.4, 0.5) is 11.5 Å². The molecule has 0 spiro atoms. The van der Waals surface area contributed by atoms with Crippen molar-refractivity contribution in [3.8, 4) is 5.88 Å². The number of likely N-dealkylation sites (tertiary alicyclic amines) is 1. The lowest BCUT2D eigenvalue weighted by molar-refractivity contribution is -0.119. The molecule has 0 bridgehead atoms. The predicted molar refractivity (Wildman–Crippen MR) is 136 cm³/mol. The Morgan fingerprint density at radius 2 is 1.85 bits per heavy atom. The fourth-order valence-electron chi connectivity index (χ4n) is 3.34. The molecule has 1 aliphatic rings. The van der Waals surface area contributed by atoms with Gasteiger partial charge in [-0.05, 0) is 56.0 Å². The third kappa shape index (κ3) is 7.02. The number of nitrogens with one attached hydrogen (secondary N) is 2. The second kappa shape index (κ2) is 12.7. The molecule has 1 fully saturated rings. The highest BCUT2D eigenvalue weighted by Crippen LogP contribution is 2.26. The molecular weight excluding hydrogens is 448 g/mol. The van der Waals surface area contributed by atoms with E-state index in [-0.39, 0.29) is 6.10 Å². The van der Waals surface area contributed by atoms with Gasteiger partial charge >= 0.3 is 0 Å². The number of piperidine rings is 1. The molecule has 0 unspecified atom stereocenters. The van der Waals surface area contributed by atoms with Crippen molar-refractivity contribution in [3.63, 3.8) is 0 Å². The number of carbonyl (C=O) groups excluding carboxylic acids is 1. The van der Waals surface area contributed by atoms with Crippen LogP contribution in [-0.2, 0) is 4.79 Å². The molecule has 3 heterocycles. The SMILES string of the molecule is CSc1ccc(Nc2ncnc(OC3CCN(C=O)CC3)c2C=N)cc1.Cc1cccnc1C. The van der Waals surface area contributed by atoms with Gasteiger partial charge in [0.15, 0.2) is 0 Å². The number of benzene rings is 1. The van der Waals surface area contributed by atoms with Gasteiger partial charge in [0.2, 0.25) is 12.3 Å². The summed E-state index contributed by atoms with van der Waals surface area (Å²) >= 11 is 1.68. The maximum atomic E-state index is 10.8. The summed E-state index contributed by atoms with van der Waals surface area (Å²) in [5, 5.41) is 11.0. The molecule has 0 saturated carbocycles. The number of ether oxygens (including phenoxy) is 1. The van der Waals surface area contributed by atoms with Gasteiger partial charge in [-0.3, -0.25) is 9.78 Å². The van der Waals surface area contributed by atoms with Gasteiger partial charge in [0.05, 0.1) is 5.56 Å². The van der Waals surface area contributed by atoms with Crippen molar-refractivity contribution in [1.29, 1.82) is 5.41 Å². The zero-order chi connectivity index (χ0) is 24.3. The van der Waals surface area contributed by atoms with Crippen molar-refractivity contribution in [1.82, 2.24) is 19.9 Å². The quantitative estimate of drug-likeness (QED) is 0.290. The third-order valence-electron chi connectivity index (χ3n) is 5.52. The van der Waals surface area contributed by atoms with E-state index < -0.39 is 0 Å². The molecule has 1 amide bonds. The second-order valence-corrected chi connectivity index (χ2v) is 8.68. The van der Waals surface area contributed by atoms with Crippen molar-refractivity contribution in [2.75, 3.05) is 24.7 Å². The number of amides is 1. The molecule has 0 atom stereocenters. The Balaban J connectivity index is 0.000000343. The van der Waals surface area contributed by atoms with Crippen LogP contribution >= 0.6 is 11.8 Å². The minimum Gasteiger partial charge on any atom is -0.474 e. The number of rotatable bonds is 7. The molecule has 1 aromatic carbocycles. The maximum absolute atomic E-state index is 10.8. The van der Waals surface area contributed by atoms with E-state index in [0.717, 1.165) is 30.6 Å². The van der Waals surface area contributed by atoms with E-state index in [2.05, 4.69) is 33.3 Å². The van der Waals surface area contributed by atoms with Crippen LogP contribution in [0.15, 0.2) is 53.8 Å². The first-order chi connectivity index (χ1) is 16.5. The van der Waals surface area contributed by atoms with Crippen molar-refractivity contribution < 1.29 is 9.53 Å². The molecule has 3 aromatic rings. The fraction of sp³-hybridized carbons (Fsp3) is 0.320. The molecule has 0 radical (unpaired) electrons. The normalized spacial score (nSPS) is 13.4. The summed E-state index contributed by atoms with van der Waals surface area (Å²) in [5.74, 6) is 0.926. The van der Waals surface area contributed by atoms with Crippen LogP contribution in [0.5, 0.6) is 5.88 Å². The number of nitrogens with zero attached hydrogens (tertiary/aromatic N) is 4. The van der Waals surface area contributed by atoms with E-state index >= 15 is 0 Å². The summed E-state index contributed by atoms with van der Waals surface area (Å²) in [5.41, 5.74) is 3.77. The van der Waals surface area contributed by atoms with Gasteiger partial charge in [0.1, 0.15) is 18.2 Å². The number of aryl methyl sites for hydroxylation is 2. The molecule has 1 aliphatic heterocycles. The highest BCUT2D eigenvalue weighted by atomic mass is 32.2. The van der Waals surface area contributed by atoms with Gasteiger partial charge < -0.3 is 20.4 Å². The minimum atomic E-state index is -0.0199. The molecule has 9 heteroatoms. The first-order valence-electron chi connectivity index (χ1n) is 11.0. The monoisotopic (exact) mass is 478 g/mol. The first-order valence-corrected chi connectivity index (χ1v) is 12.3. The Kier molecular flexibility index (Phi) is 9.40. The molecular formula is C25H30N6O2S. The Labute approximate surface area is 204 Å². The highest BCUT2D eigenvalue weighted by molar-refractivity contribution is 7.98. The van der Waals surface area contributed by atoms with Crippen molar-refractivity contribution in [2.24, 2.45) is 0 Å². The van der Waals surface area contributed by atoms with Gasteiger partial charge in [0, 0.05) is 54.6 Å². The fourth-order valence-corrected chi connectivity index (χ4v) is 3.74. The minimum absolute atomic E-state index is 0.0199. The number of hydrogen-bond acceptors (Lipinski definition) is 8. The molecule has 0 aliphatic carbocycles. The summed E-state index contributed by atoms with van der Waals surface area (Å²) in [4.78, 5) is 26.3. The van der Waals surface area contributed by atoms with Crippen LogP contribution in [0.2, 0.25) is 0 Å². The summed E-state index contributed by atoms with van der Waals surface area (Å²) in [6.45, 7) is 5.41. The van der Waals surface area contributed by atoms with Crippen LogP contribution in [0, 0.1) is 19.3 Å². The summed E-state index contributed by atoms with van der Waals surface area (Å²) < 4.78 is 6.00. The number of aromatic nitrogens is 3. The van der Waals surface area contributed by atoms with Crippen LogP contribution in [-0.4, -0.2) is 57.9 Å². The van der Waals surface area contributed by atoms with E-state index in [1.807, 2.05) is 49.7 Å². The van der Waals surface area contributed by atoms with E-state index in [0.29, 0.717) is 30.4 Å². The number of pyridine rings is 1. The third-order valence-corrected chi connectivity index (χ3v) is 6.26. The largest absolute Gasteiger partial charge is 0.474 e. The second-order valence-electron chi connectivity index (χ2n) is 7.80. The van der Waals surface area contributed by atoms with Crippen molar-refractivity contribution in [3.05, 3.63) is 65.7 Å². The van der Waals surface area contributed by atoms with Crippen LogP contribution in [0.1, 0.15) is 29.7 Å². The molecule has 2 aromatic heterocycles. The standard InChI is InChI=1S/C18H21N5O2S.C7H9N/c1-26-15-4-2-13(3-5-15)22-17-16(10-19)18(21-11-20-17)25-14-6-8-23(12-24)9-7-14;1-6-4-3-5-8-7(6)2/h2-5,10-12,14,19H,6-9H2,1H3,(H,20,21,22);3-5H,1-2H3. The summed E-state index contributed by atoms with van der Waals surface area (Å²) in [7, 11) is 0. The number of anilines is 2. The van der Waals surface area contributed by atoms with Gasteiger partial charge in [-0.15, -0.1) is 11.8 Å². The Bertz CT molecular complexity index is 1060. The van der Waals surface area contributed by atoms with Crippen molar-refractivity contribution >= 4 is 35.9 Å². The van der Waals surface area contributed by atoms with E-state index in [1.54, 1.807) is 16.7 Å². The Morgan fingerprint density at radius 1 is 1.12 bits per heavy atom. The Hall–Kier alpha value is -3.46. The average molecular weight is 479 g/mol. The highest BCUT2D eigenvalue weighted by Gasteiger charge is 2.22. The molecule has 2 N–H and O–H groups in total. The topological polar surface area (TPSA) is 104 Å². The first kappa shape index (κ1) is 25.2. The van der Waals surface area contributed by atoms with Crippen LogP contribution in [0.25, 0.3) is 0 Å². The zero-order valence-corrected chi connectivity index (χ0v) is 20.5. The lowest BCUT2D eigenvalue weighted by atomic mass is 10.1. The molecule has 8 nitrogen and oxygen atoms in total. The smallest absolute Gasteiger partial charge is 0.227 e. The number of carbonyl (C=O) groups is 1. The van der Waals surface area contributed by atoms with Crippen molar-refractivity contribution in [2.45, 2.75) is 37.7 Å². The summed E-state index contributed by atoms with van der Waals surface area (Å²) in [6.07, 6.45) is 8.82. The van der Waals surface area contributed by atoms with Crippen LogP contribution < -0.4 is 10.1 Å². The summed E-state index contributed by atoms with van der Waals surface area (Å²) in [6, 6.07) is 12.0. The lowest BCUT2D eigenvalue weighted by Gasteiger charge is -2.29. The van der Waals surface area contributed by atoms with Crippen LogP contribution in [0.3, 0.4) is 0 Å². The molecule has 4 rings (SSSR count). The number of thioether (sulfide) groups is 1. The van der Waals surface area contributed by atoms with Gasteiger partial charge in [-0.2, -0.15) is 0 Å². The predicted octanol–water partition coefficient (Wildman–Crippen LogP) is 4.64. The molecule has 1 saturated heterocycles. The zero-order valence-electron chi connectivity index (χ0n) is 19.7. The van der Waals surface area contributed by atoms with E-state index in [9.17, 15) is 4.79 Å². The van der Waals surface area contributed by atoms with Gasteiger partial charge in [0.25, 0.3) is 0 Å². The molecule has 34 heavy (non-hydrogen) atoms. The maximum Gasteiger partial charge on any atom is 0.227 e. The average Bonchev–Trinajstić information content (AvgIpc) is 2.87. The number of hydrogen-bond donors (Lipinski definition) is 2. The van der Waals surface area contributed by atoms with E-state index in [1.165, 1.54) is 23.0 Å². The van der Waals surface area contributed by atoms with E-state index in [4.69, 9.17) is 10.1 Å². The molecule has 178 valence electrons. The van der Waals surface area contributed by atoms with Gasteiger partial charge in [-0.25, -0.2) is 9.97 Å². The lowest BCUT2D eigenvalue weighted by Crippen LogP contribution is -2.37. The Morgan fingerprint density at radius 3 is 2.41 bits per heavy atom. The van der Waals surface area contributed by atoms with Gasteiger partial charge in [-0.1, -0.05) is 6.07 Å².